The SMILES string of the molecule is O=S(=O)(c1cccc(Cl)c1)N1CCN(c2ccc3nnc(C4CC4)n3n2)CC1. The summed E-state index contributed by atoms with van der Waals surface area (Å²) in [6.07, 6.45) is 2.26. The lowest BCUT2D eigenvalue weighted by Crippen LogP contribution is -2.49. The van der Waals surface area contributed by atoms with Crippen LogP contribution in [0.2, 0.25) is 5.02 Å². The molecule has 146 valence electrons. The Bertz CT molecular complexity index is 1140. The Balaban J connectivity index is 1.34. The fraction of sp³-hybridized carbons (Fsp3) is 0.389. The van der Waals surface area contributed by atoms with Gasteiger partial charge in [-0.15, -0.1) is 15.3 Å². The molecule has 1 aliphatic heterocycles. The molecule has 1 aromatic carbocycles. The zero-order valence-corrected chi connectivity index (χ0v) is 16.6. The minimum absolute atomic E-state index is 0.228. The van der Waals surface area contributed by atoms with E-state index in [1.165, 1.54) is 10.4 Å². The first kappa shape index (κ1) is 17.8. The average molecular weight is 419 g/mol. The number of piperazine rings is 1. The lowest BCUT2D eigenvalue weighted by Gasteiger charge is -2.34. The van der Waals surface area contributed by atoms with E-state index in [9.17, 15) is 8.42 Å². The zero-order chi connectivity index (χ0) is 19.3. The third-order valence-corrected chi connectivity index (χ3v) is 7.34. The van der Waals surface area contributed by atoms with Crippen LogP contribution in [0.4, 0.5) is 5.82 Å². The minimum atomic E-state index is -3.55. The molecule has 0 amide bonds. The highest BCUT2D eigenvalue weighted by molar-refractivity contribution is 7.89. The van der Waals surface area contributed by atoms with Gasteiger partial charge in [0.1, 0.15) is 5.82 Å². The van der Waals surface area contributed by atoms with Crippen molar-refractivity contribution in [1.82, 2.24) is 24.1 Å². The zero-order valence-electron chi connectivity index (χ0n) is 15.1. The predicted molar refractivity (Wildman–Crippen MR) is 105 cm³/mol. The number of nitrogens with zero attached hydrogens (tertiary/aromatic N) is 6. The third kappa shape index (κ3) is 3.13. The lowest BCUT2D eigenvalue weighted by atomic mass is 10.3. The summed E-state index contributed by atoms with van der Waals surface area (Å²) in [7, 11) is -3.55. The average Bonchev–Trinajstić information content (AvgIpc) is 3.47. The van der Waals surface area contributed by atoms with Crippen molar-refractivity contribution < 1.29 is 8.42 Å². The Morgan fingerprint density at radius 3 is 2.50 bits per heavy atom. The molecule has 1 aliphatic carbocycles. The van der Waals surface area contributed by atoms with E-state index < -0.39 is 10.0 Å². The van der Waals surface area contributed by atoms with Crippen molar-refractivity contribution in [3.63, 3.8) is 0 Å². The normalized spacial score (nSPS) is 18.7. The van der Waals surface area contributed by atoms with Crippen molar-refractivity contribution in [3.05, 3.63) is 47.2 Å². The third-order valence-electron chi connectivity index (χ3n) is 5.21. The highest BCUT2D eigenvalue weighted by atomic mass is 35.5. The molecule has 0 N–H and O–H groups in total. The summed E-state index contributed by atoms with van der Waals surface area (Å²) in [5, 5.41) is 13.6. The van der Waals surface area contributed by atoms with E-state index >= 15 is 0 Å². The van der Waals surface area contributed by atoms with Crippen molar-refractivity contribution in [2.75, 3.05) is 31.1 Å². The maximum absolute atomic E-state index is 12.9. The molecule has 0 bridgehead atoms. The van der Waals surface area contributed by atoms with Gasteiger partial charge in [-0.05, 0) is 43.2 Å². The summed E-state index contributed by atoms with van der Waals surface area (Å²) in [4.78, 5) is 2.33. The van der Waals surface area contributed by atoms with Crippen LogP contribution in [0.15, 0.2) is 41.3 Å². The van der Waals surface area contributed by atoms with Crippen LogP contribution in [-0.2, 0) is 10.0 Å². The quantitative estimate of drug-likeness (QED) is 0.645. The summed E-state index contributed by atoms with van der Waals surface area (Å²) >= 11 is 5.96. The molecule has 5 rings (SSSR count). The van der Waals surface area contributed by atoms with Gasteiger partial charge in [0.25, 0.3) is 0 Å². The molecule has 0 radical (unpaired) electrons. The van der Waals surface area contributed by atoms with Crippen LogP contribution in [0.25, 0.3) is 5.65 Å². The van der Waals surface area contributed by atoms with Gasteiger partial charge < -0.3 is 4.90 Å². The minimum Gasteiger partial charge on any atom is -0.353 e. The van der Waals surface area contributed by atoms with Crippen LogP contribution in [0, 0.1) is 0 Å². The van der Waals surface area contributed by atoms with Gasteiger partial charge in [-0.2, -0.15) is 8.82 Å². The first-order valence-electron chi connectivity index (χ1n) is 9.25. The van der Waals surface area contributed by atoms with Crippen LogP contribution in [0.5, 0.6) is 0 Å². The molecule has 2 aliphatic rings. The van der Waals surface area contributed by atoms with E-state index in [-0.39, 0.29) is 4.90 Å². The molecule has 3 aromatic rings. The highest BCUT2D eigenvalue weighted by Gasteiger charge is 2.31. The van der Waals surface area contributed by atoms with Gasteiger partial charge in [0.05, 0.1) is 4.90 Å². The van der Waals surface area contributed by atoms with Gasteiger partial charge in [0.2, 0.25) is 10.0 Å². The number of hydrogen-bond acceptors (Lipinski definition) is 6. The molecule has 8 nitrogen and oxygen atoms in total. The maximum atomic E-state index is 12.9. The number of halogens is 1. The second kappa shape index (κ2) is 6.68. The summed E-state index contributed by atoms with van der Waals surface area (Å²) in [5.74, 6) is 2.19. The Morgan fingerprint density at radius 1 is 1.00 bits per heavy atom. The van der Waals surface area contributed by atoms with Crippen LogP contribution < -0.4 is 4.90 Å². The van der Waals surface area contributed by atoms with Gasteiger partial charge in [-0.3, -0.25) is 0 Å². The first-order chi connectivity index (χ1) is 13.5. The molecule has 1 saturated heterocycles. The topological polar surface area (TPSA) is 83.7 Å². The number of aromatic nitrogens is 4. The van der Waals surface area contributed by atoms with Crippen molar-refractivity contribution in [3.8, 4) is 0 Å². The molecule has 0 unspecified atom stereocenters. The van der Waals surface area contributed by atoms with Crippen LogP contribution in [0.1, 0.15) is 24.6 Å². The summed E-state index contributed by atoms with van der Waals surface area (Å²) in [6.45, 7) is 1.93. The van der Waals surface area contributed by atoms with Crippen molar-refractivity contribution in [1.29, 1.82) is 0 Å². The van der Waals surface area contributed by atoms with Gasteiger partial charge in [-0.25, -0.2) is 8.42 Å². The smallest absolute Gasteiger partial charge is 0.243 e. The van der Waals surface area contributed by atoms with Gasteiger partial charge >= 0.3 is 0 Å². The Labute approximate surface area is 167 Å². The fourth-order valence-electron chi connectivity index (χ4n) is 3.49. The molecule has 3 heterocycles. The second-order valence-electron chi connectivity index (χ2n) is 7.14. The van der Waals surface area contributed by atoms with Crippen LogP contribution >= 0.6 is 11.6 Å². The predicted octanol–water partition coefficient (Wildman–Crippen LogP) is 2.17. The Morgan fingerprint density at radius 2 is 1.79 bits per heavy atom. The van der Waals surface area contributed by atoms with E-state index in [1.807, 2.05) is 16.6 Å². The maximum Gasteiger partial charge on any atom is 0.243 e. The van der Waals surface area contributed by atoms with Gasteiger partial charge in [0, 0.05) is 37.1 Å². The highest BCUT2D eigenvalue weighted by Crippen LogP contribution is 2.38. The van der Waals surface area contributed by atoms with E-state index in [4.69, 9.17) is 16.7 Å². The van der Waals surface area contributed by atoms with Gasteiger partial charge in [0.15, 0.2) is 11.5 Å². The van der Waals surface area contributed by atoms with Crippen LogP contribution in [0.3, 0.4) is 0 Å². The molecule has 10 heteroatoms. The van der Waals surface area contributed by atoms with E-state index in [0.717, 1.165) is 30.1 Å². The summed E-state index contributed by atoms with van der Waals surface area (Å²) < 4.78 is 29.0. The van der Waals surface area contributed by atoms with Crippen molar-refractivity contribution >= 4 is 33.1 Å². The largest absolute Gasteiger partial charge is 0.353 e. The summed E-state index contributed by atoms with van der Waals surface area (Å²) in [5.41, 5.74) is 0.743. The number of fused-ring (bicyclic) bond motifs is 1. The molecule has 1 saturated carbocycles. The van der Waals surface area contributed by atoms with Crippen LogP contribution in [-0.4, -0.2) is 58.7 Å². The van der Waals surface area contributed by atoms with Gasteiger partial charge in [-0.1, -0.05) is 17.7 Å². The Hall–Kier alpha value is -2.23. The number of rotatable bonds is 4. The molecule has 0 atom stereocenters. The molecule has 2 aromatic heterocycles. The van der Waals surface area contributed by atoms with Crippen molar-refractivity contribution in [2.24, 2.45) is 0 Å². The lowest BCUT2D eigenvalue weighted by molar-refractivity contribution is 0.383. The van der Waals surface area contributed by atoms with E-state index in [2.05, 4.69) is 15.1 Å². The monoisotopic (exact) mass is 418 g/mol. The van der Waals surface area contributed by atoms with Crippen molar-refractivity contribution in [2.45, 2.75) is 23.7 Å². The molecule has 0 spiro atoms. The standard InChI is InChI=1S/C18H19ClN6O2S/c19-14-2-1-3-15(12-14)28(26,27)24-10-8-23(9-11-24)17-7-6-16-20-21-18(13-4-5-13)25(16)22-17/h1-3,6-7,12-13H,4-5,8-11H2. The summed E-state index contributed by atoms with van der Waals surface area (Å²) in [6, 6.07) is 10.2. The fourth-order valence-corrected chi connectivity index (χ4v) is 5.22. The first-order valence-corrected chi connectivity index (χ1v) is 11.1. The second-order valence-corrected chi connectivity index (χ2v) is 9.52. The molecular formula is C18H19ClN6O2S. The van der Waals surface area contributed by atoms with E-state index in [1.54, 1.807) is 18.2 Å². The number of sulfonamides is 1. The molecule has 2 fully saturated rings. The van der Waals surface area contributed by atoms with E-state index in [0.29, 0.717) is 37.1 Å². The number of anilines is 1. The molecular weight excluding hydrogens is 400 g/mol. The Kier molecular flexibility index (Phi) is 4.26. The molecule has 28 heavy (non-hydrogen) atoms. The number of hydrogen-bond donors (Lipinski definition) is 0. The number of benzene rings is 1.